The SMILES string of the molecule is Cc1cc(C(=O)CN(C)CC(=O)N2CCOCC2)c(C)n1C[C@@H]1COc2ccccc2O1. The first-order valence-electron chi connectivity index (χ1n) is 11.0. The van der Waals surface area contributed by atoms with Gasteiger partial charge in [0, 0.05) is 30.0 Å². The van der Waals surface area contributed by atoms with E-state index in [1.54, 1.807) is 16.8 Å². The summed E-state index contributed by atoms with van der Waals surface area (Å²) in [6, 6.07) is 9.57. The Kier molecular flexibility index (Phi) is 6.81. The Morgan fingerprint density at radius 2 is 1.81 bits per heavy atom. The summed E-state index contributed by atoms with van der Waals surface area (Å²) in [4.78, 5) is 29.0. The molecule has 1 atom stereocenters. The van der Waals surface area contributed by atoms with E-state index in [1.165, 1.54) is 0 Å². The molecule has 32 heavy (non-hydrogen) atoms. The zero-order chi connectivity index (χ0) is 22.7. The van der Waals surface area contributed by atoms with E-state index in [9.17, 15) is 9.59 Å². The van der Waals surface area contributed by atoms with Crippen LogP contribution >= 0.6 is 0 Å². The fraction of sp³-hybridized carbons (Fsp3) is 0.500. The fourth-order valence-corrected chi connectivity index (χ4v) is 4.25. The summed E-state index contributed by atoms with van der Waals surface area (Å²) < 4.78 is 19.3. The standard InChI is InChI=1S/C24H31N3O5/c1-17-12-20(21(28)14-25(3)15-24(29)26-8-10-30-11-9-26)18(2)27(17)13-19-16-31-22-6-4-5-7-23(22)32-19/h4-7,12,19H,8-11,13-16H2,1-3H3/t19-/m1/s1. The summed E-state index contributed by atoms with van der Waals surface area (Å²) in [6.45, 7) is 7.79. The van der Waals surface area contributed by atoms with Crippen molar-refractivity contribution >= 4 is 11.7 Å². The van der Waals surface area contributed by atoms with Gasteiger partial charge in [-0.15, -0.1) is 0 Å². The van der Waals surface area contributed by atoms with Crippen molar-refractivity contribution in [2.75, 3.05) is 53.0 Å². The molecule has 8 nitrogen and oxygen atoms in total. The summed E-state index contributed by atoms with van der Waals surface area (Å²) in [7, 11) is 1.81. The van der Waals surface area contributed by atoms with Gasteiger partial charge < -0.3 is 23.7 Å². The number of fused-ring (bicyclic) bond motifs is 1. The molecule has 0 spiro atoms. The second-order valence-corrected chi connectivity index (χ2v) is 8.48. The topological polar surface area (TPSA) is 73.2 Å². The minimum absolute atomic E-state index is 0.00721. The number of hydrogen-bond acceptors (Lipinski definition) is 6. The molecule has 0 bridgehead atoms. The molecule has 0 unspecified atom stereocenters. The molecule has 1 fully saturated rings. The number of benzene rings is 1. The van der Waals surface area contributed by atoms with E-state index in [1.807, 2.05) is 44.2 Å². The molecule has 2 aromatic rings. The molecule has 172 valence electrons. The average Bonchev–Trinajstić information content (AvgIpc) is 3.08. The van der Waals surface area contributed by atoms with Gasteiger partial charge >= 0.3 is 0 Å². The molecule has 1 saturated heterocycles. The first-order valence-corrected chi connectivity index (χ1v) is 11.0. The molecule has 0 radical (unpaired) electrons. The normalized spacial score (nSPS) is 18.1. The van der Waals surface area contributed by atoms with Crippen LogP contribution in [0, 0.1) is 13.8 Å². The third-order valence-corrected chi connectivity index (χ3v) is 6.01. The van der Waals surface area contributed by atoms with Crippen LogP contribution in [0.15, 0.2) is 30.3 Å². The van der Waals surface area contributed by atoms with Crippen molar-refractivity contribution in [1.29, 1.82) is 0 Å². The van der Waals surface area contributed by atoms with E-state index in [0.717, 1.165) is 22.9 Å². The second-order valence-electron chi connectivity index (χ2n) is 8.48. The van der Waals surface area contributed by atoms with Gasteiger partial charge in [-0.25, -0.2) is 0 Å². The van der Waals surface area contributed by atoms with Gasteiger partial charge in [-0.05, 0) is 39.1 Å². The smallest absolute Gasteiger partial charge is 0.236 e. The zero-order valence-electron chi connectivity index (χ0n) is 19.0. The fourth-order valence-electron chi connectivity index (χ4n) is 4.25. The number of amides is 1. The van der Waals surface area contributed by atoms with Gasteiger partial charge in [-0.1, -0.05) is 12.1 Å². The lowest BCUT2D eigenvalue weighted by atomic mass is 10.1. The van der Waals surface area contributed by atoms with E-state index in [4.69, 9.17) is 14.2 Å². The van der Waals surface area contributed by atoms with Crippen LogP contribution in [-0.4, -0.2) is 85.2 Å². The van der Waals surface area contributed by atoms with Gasteiger partial charge in [0.05, 0.1) is 32.8 Å². The third-order valence-electron chi connectivity index (χ3n) is 6.01. The summed E-state index contributed by atoms with van der Waals surface area (Å²) in [6.07, 6.45) is -0.133. The summed E-state index contributed by atoms with van der Waals surface area (Å²) in [5.74, 6) is 1.54. The van der Waals surface area contributed by atoms with E-state index < -0.39 is 0 Å². The zero-order valence-corrected chi connectivity index (χ0v) is 19.0. The van der Waals surface area contributed by atoms with Crippen molar-refractivity contribution in [3.8, 4) is 11.5 Å². The van der Waals surface area contributed by atoms with Crippen molar-refractivity contribution in [1.82, 2.24) is 14.4 Å². The Hall–Kier alpha value is -2.84. The number of para-hydroxylation sites is 2. The number of ether oxygens (including phenoxy) is 3. The predicted molar refractivity (Wildman–Crippen MR) is 119 cm³/mol. The Morgan fingerprint density at radius 1 is 1.09 bits per heavy atom. The quantitative estimate of drug-likeness (QED) is 0.612. The number of carbonyl (C=O) groups is 2. The van der Waals surface area contributed by atoms with Crippen LogP contribution in [-0.2, 0) is 16.1 Å². The number of ketones is 1. The van der Waals surface area contributed by atoms with Crippen LogP contribution in [0.25, 0.3) is 0 Å². The van der Waals surface area contributed by atoms with Crippen LogP contribution in [0.3, 0.4) is 0 Å². The maximum atomic E-state index is 13.0. The molecule has 1 amide bonds. The highest BCUT2D eigenvalue weighted by atomic mass is 16.6. The number of aryl methyl sites for hydroxylation is 1. The van der Waals surface area contributed by atoms with Gasteiger partial charge in [0.15, 0.2) is 23.4 Å². The molecule has 0 saturated carbocycles. The minimum atomic E-state index is -0.133. The number of likely N-dealkylation sites (N-methyl/N-ethyl adjacent to an activating group) is 1. The van der Waals surface area contributed by atoms with Crippen molar-refractivity contribution in [2.45, 2.75) is 26.5 Å². The summed E-state index contributed by atoms with van der Waals surface area (Å²) in [5.41, 5.74) is 2.59. The Morgan fingerprint density at radius 3 is 2.56 bits per heavy atom. The second kappa shape index (κ2) is 9.75. The molecule has 2 aliphatic rings. The number of Topliss-reactive ketones (excluding diaryl/α,β-unsaturated/α-hetero) is 1. The van der Waals surface area contributed by atoms with Gasteiger partial charge in [0.1, 0.15) is 6.61 Å². The van der Waals surface area contributed by atoms with E-state index in [-0.39, 0.29) is 30.9 Å². The van der Waals surface area contributed by atoms with Crippen LogP contribution in [0.4, 0.5) is 0 Å². The number of rotatable bonds is 7. The Balaban J connectivity index is 1.36. The molecule has 0 N–H and O–H groups in total. The van der Waals surface area contributed by atoms with Gasteiger partial charge in [0.25, 0.3) is 0 Å². The van der Waals surface area contributed by atoms with Crippen LogP contribution in [0.2, 0.25) is 0 Å². The number of aromatic nitrogens is 1. The van der Waals surface area contributed by atoms with Crippen LogP contribution in [0.5, 0.6) is 11.5 Å². The van der Waals surface area contributed by atoms with Crippen LogP contribution in [0.1, 0.15) is 21.7 Å². The lowest BCUT2D eigenvalue weighted by molar-refractivity contribution is -0.136. The van der Waals surface area contributed by atoms with E-state index >= 15 is 0 Å². The highest BCUT2D eigenvalue weighted by Gasteiger charge is 2.25. The third kappa shape index (κ3) is 4.97. The maximum absolute atomic E-state index is 13.0. The lowest BCUT2D eigenvalue weighted by Gasteiger charge is -2.28. The molecular weight excluding hydrogens is 410 g/mol. The monoisotopic (exact) mass is 441 g/mol. The summed E-state index contributed by atoms with van der Waals surface area (Å²) in [5, 5.41) is 0. The first kappa shape index (κ1) is 22.4. The number of morpholine rings is 1. The lowest BCUT2D eigenvalue weighted by Crippen LogP contribution is -2.45. The molecule has 1 aromatic carbocycles. The molecule has 4 rings (SSSR count). The average molecular weight is 442 g/mol. The van der Waals surface area contributed by atoms with E-state index in [0.29, 0.717) is 45.0 Å². The first-order chi connectivity index (χ1) is 15.4. The number of hydrogen-bond donors (Lipinski definition) is 0. The van der Waals surface area contributed by atoms with Crippen molar-refractivity contribution < 1.29 is 23.8 Å². The Bertz CT molecular complexity index is 980. The van der Waals surface area contributed by atoms with Crippen molar-refractivity contribution in [3.63, 3.8) is 0 Å². The van der Waals surface area contributed by atoms with Crippen molar-refractivity contribution in [3.05, 3.63) is 47.3 Å². The van der Waals surface area contributed by atoms with Gasteiger partial charge in [-0.2, -0.15) is 0 Å². The van der Waals surface area contributed by atoms with Crippen molar-refractivity contribution in [2.24, 2.45) is 0 Å². The number of nitrogens with zero attached hydrogens (tertiary/aromatic N) is 3. The highest BCUT2D eigenvalue weighted by Crippen LogP contribution is 2.31. The maximum Gasteiger partial charge on any atom is 0.236 e. The molecule has 8 heteroatoms. The van der Waals surface area contributed by atoms with E-state index in [2.05, 4.69) is 4.57 Å². The highest BCUT2D eigenvalue weighted by molar-refractivity contribution is 5.99. The molecule has 0 aliphatic carbocycles. The molecule has 3 heterocycles. The number of carbonyl (C=O) groups excluding carboxylic acids is 2. The van der Waals surface area contributed by atoms with Gasteiger partial charge in [-0.3, -0.25) is 14.5 Å². The molecular formula is C24H31N3O5. The minimum Gasteiger partial charge on any atom is -0.486 e. The predicted octanol–water partition coefficient (Wildman–Crippen LogP) is 1.92. The summed E-state index contributed by atoms with van der Waals surface area (Å²) >= 11 is 0. The largest absolute Gasteiger partial charge is 0.486 e. The molecule has 1 aromatic heterocycles. The Labute approximate surface area is 188 Å². The van der Waals surface area contributed by atoms with Crippen LogP contribution < -0.4 is 9.47 Å². The molecule has 2 aliphatic heterocycles. The van der Waals surface area contributed by atoms with Gasteiger partial charge in [0.2, 0.25) is 5.91 Å².